The van der Waals surface area contributed by atoms with Crippen molar-refractivity contribution >= 4 is 23.2 Å². The van der Waals surface area contributed by atoms with E-state index in [1.54, 1.807) is 50.7 Å². The molecule has 0 atom stereocenters. The topological polar surface area (TPSA) is 94.6 Å². The Balaban J connectivity index is 1.84. The van der Waals surface area contributed by atoms with E-state index in [2.05, 4.69) is 27.2 Å². The SMILES string of the molecule is C=CC(=O)Nc1cccc(Oc2nc(Nc3cccc(OC)c3OC)ncc2C)c1. The quantitative estimate of drug-likeness (QED) is 0.533. The van der Waals surface area contributed by atoms with Crippen LogP contribution in [0.4, 0.5) is 17.3 Å². The van der Waals surface area contributed by atoms with Gasteiger partial charge in [-0.15, -0.1) is 0 Å². The molecule has 0 fully saturated rings. The summed E-state index contributed by atoms with van der Waals surface area (Å²) in [5, 5.41) is 5.81. The van der Waals surface area contributed by atoms with Crippen molar-refractivity contribution in [3.05, 3.63) is 66.9 Å². The molecule has 0 bridgehead atoms. The van der Waals surface area contributed by atoms with Crippen molar-refractivity contribution in [3.63, 3.8) is 0 Å². The zero-order chi connectivity index (χ0) is 21.5. The Hall–Kier alpha value is -4.07. The third-order valence-electron chi connectivity index (χ3n) is 4.08. The van der Waals surface area contributed by atoms with Gasteiger partial charge in [0.1, 0.15) is 5.75 Å². The zero-order valence-electron chi connectivity index (χ0n) is 16.9. The number of para-hydroxylation sites is 1. The van der Waals surface area contributed by atoms with Gasteiger partial charge in [-0.05, 0) is 37.3 Å². The van der Waals surface area contributed by atoms with Gasteiger partial charge in [0.2, 0.25) is 17.7 Å². The molecule has 8 nitrogen and oxygen atoms in total. The van der Waals surface area contributed by atoms with E-state index in [-0.39, 0.29) is 5.91 Å². The van der Waals surface area contributed by atoms with E-state index in [0.29, 0.717) is 40.5 Å². The molecule has 0 aliphatic rings. The monoisotopic (exact) mass is 406 g/mol. The molecule has 0 unspecified atom stereocenters. The number of hydrogen-bond acceptors (Lipinski definition) is 7. The predicted molar refractivity (Wildman–Crippen MR) is 115 cm³/mol. The lowest BCUT2D eigenvalue weighted by Gasteiger charge is -2.14. The molecule has 3 rings (SSSR count). The number of carbonyl (C=O) groups is 1. The molecule has 30 heavy (non-hydrogen) atoms. The van der Waals surface area contributed by atoms with Gasteiger partial charge in [-0.25, -0.2) is 4.98 Å². The van der Waals surface area contributed by atoms with Crippen molar-refractivity contribution in [2.75, 3.05) is 24.9 Å². The van der Waals surface area contributed by atoms with E-state index in [9.17, 15) is 4.79 Å². The highest BCUT2D eigenvalue weighted by molar-refractivity contribution is 5.98. The number of hydrogen-bond donors (Lipinski definition) is 2. The average Bonchev–Trinajstić information content (AvgIpc) is 2.76. The highest BCUT2D eigenvalue weighted by atomic mass is 16.5. The minimum Gasteiger partial charge on any atom is -0.493 e. The fourth-order valence-electron chi connectivity index (χ4n) is 2.64. The third kappa shape index (κ3) is 4.85. The second kappa shape index (κ2) is 9.42. The molecule has 2 N–H and O–H groups in total. The van der Waals surface area contributed by atoms with Crippen LogP contribution in [0.25, 0.3) is 0 Å². The fraction of sp³-hybridized carbons (Fsp3) is 0.136. The number of nitrogens with one attached hydrogen (secondary N) is 2. The van der Waals surface area contributed by atoms with Crippen molar-refractivity contribution in [1.82, 2.24) is 9.97 Å². The summed E-state index contributed by atoms with van der Waals surface area (Å²) in [6.07, 6.45) is 2.85. The largest absolute Gasteiger partial charge is 0.493 e. The number of amides is 1. The lowest BCUT2D eigenvalue weighted by molar-refractivity contribution is -0.111. The second-order valence-electron chi connectivity index (χ2n) is 6.17. The maximum absolute atomic E-state index is 11.5. The number of methoxy groups -OCH3 is 2. The number of carbonyl (C=O) groups excluding carboxylic acids is 1. The summed E-state index contributed by atoms with van der Waals surface area (Å²) in [5.41, 5.74) is 1.99. The number of ether oxygens (including phenoxy) is 3. The first-order valence-corrected chi connectivity index (χ1v) is 9.07. The van der Waals surface area contributed by atoms with E-state index >= 15 is 0 Å². The number of aromatic nitrogens is 2. The van der Waals surface area contributed by atoms with Crippen LogP contribution >= 0.6 is 0 Å². The minimum absolute atomic E-state index is 0.302. The summed E-state index contributed by atoms with van der Waals surface area (Å²) in [5.74, 6) is 2.05. The van der Waals surface area contributed by atoms with Gasteiger partial charge < -0.3 is 24.8 Å². The summed E-state index contributed by atoms with van der Waals surface area (Å²) >= 11 is 0. The maximum Gasteiger partial charge on any atom is 0.247 e. The van der Waals surface area contributed by atoms with Gasteiger partial charge in [0.15, 0.2) is 11.5 Å². The average molecular weight is 406 g/mol. The highest BCUT2D eigenvalue weighted by Crippen LogP contribution is 2.36. The number of anilines is 3. The van der Waals surface area contributed by atoms with Crippen molar-refractivity contribution in [2.24, 2.45) is 0 Å². The van der Waals surface area contributed by atoms with Crippen LogP contribution in [-0.4, -0.2) is 30.1 Å². The van der Waals surface area contributed by atoms with Crippen LogP contribution in [0.2, 0.25) is 0 Å². The predicted octanol–water partition coefficient (Wildman–Crippen LogP) is 4.46. The Labute approximate surface area is 174 Å². The first-order chi connectivity index (χ1) is 14.5. The molecule has 0 saturated heterocycles. The van der Waals surface area contributed by atoms with Crippen LogP contribution in [0.3, 0.4) is 0 Å². The summed E-state index contributed by atoms with van der Waals surface area (Å²) < 4.78 is 16.7. The Morgan fingerprint density at radius 2 is 1.93 bits per heavy atom. The molecule has 0 aliphatic heterocycles. The normalized spacial score (nSPS) is 10.1. The fourth-order valence-corrected chi connectivity index (χ4v) is 2.64. The van der Waals surface area contributed by atoms with Gasteiger partial charge in [0, 0.05) is 23.5 Å². The minimum atomic E-state index is -0.302. The summed E-state index contributed by atoms with van der Waals surface area (Å²) in [6, 6.07) is 12.4. The Morgan fingerprint density at radius 1 is 1.13 bits per heavy atom. The second-order valence-corrected chi connectivity index (χ2v) is 6.17. The van der Waals surface area contributed by atoms with Gasteiger partial charge in [-0.1, -0.05) is 18.7 Å². The van der Waals surface area contributed by atoms with Crippen LogP contribution < -0.4 is 24.8 Å². The molecule has 0 radical (unpaired) electrons. The van der Waals surface area contributed by atoms with Gasteiger partial charge in [0.05, 0.1) is 19.9 Å². The van der Waals surface area contributed by atoms with Crippen LogP contribution in [0.1, 0.15) is 5.56 Å². The number of nitrogens with zero attached hydrogens (tertiary/aromatic N) is 2. The standard InChI is InChI=1S/C22H22N4O4/c1-5-19(27)24-15-8-6-9-16(12-15)30-21-14(2)13-23-22(26-21)25-17-10-7-11-18(28-3)20(17)29-4/h5-13H,1H2,2-4H3,(H,24,27)(H,23,25,26). The third-order valence-corrected chi connectivity index (χ3v) is 4.08. The van der Waals surface area contributed by atoms with E-state index in [0.717, 1.165) is 5.56 Å². The first-order valence-electron chi connectivity index (χ1n) is 9.07. The Morgan fingerprint density at radius 3 is 2.67 bits per heavy atom. The number of rotatable bonds is 8. The van der Waals surface area contributed by atoms with Gasteiger partial charge in [-0.2, -0.15) is 4.98 Å². The van der Waals surface area contributed by atoms with Gasteiger partial charge in [-0.3, -0.25) is 4.79 Å². The lowest BCUT2D eigenvalue weighted by Crippen LogP contribution is -2.07. The number of aryl methyl sites for hydroxylation is 1. The first kappa shape index (κ1) is 20.7. The van der Waals surface area contributed by atoms with E-state index in [4.69, 9.17) is 14.2 Å². The van der Waals surface area contributed by atoms with E-state index in [1.165, 1.54) is 6.08 Å². The molecule has 1 amide bonds. The molecule has 0 spiro atoms. The van der Waals surface area contributed by atoms with Gasteiger partial charge in [0.25, 0.3) is 0 Å². The Kier molecular flexibility index (Phi) is 6.49. The van der Waals surface area contributed by atoms with Crippen LogP contribution in [0.5, 0.6) is 23.1 Å². The molecule has 1 aromatic heterocycles. The van der Waals surface area contributed by atoms with E-state index in [1.807, 2.05) is 19.1 Å². The molecular weight excluding hydrogens is 384 g/mol. The summed E-state index contributed by atoms with van der Waals surface area (Å²) in [6.45, 7) is 5.28. The molecule has 154 valence electrons. The number of benzene rings is 2. The molecule has 0 saturated carbocycles. The van der Waals surface area contributed by atoms with Crippen LogP contribution in [-0.2, 0) is 4.79 Å². The smallest absolute Gasteiger partial charge is 0.247 e. The molecule has 1 heterocycles. The van der Waals surface area contributed by atoms with Crippen molar-refractivity contribution in [2.45, 2.75) is 6.92 Å². The molecule has 0 aliphatic carbocycles. The highest BCUT2D eigenvalue weighted by Gasteiger charge is 2.13. The maximum atomic E-state index is 11.5. The molecule has 8 heteroatoms. The summed E-state index contributed by atoms with van der Waals surface area (Å²) in [7, 11) is 3.13. The van der Waals surface area contributed by atoms with Crippen LogP contribution in [0, 0.1) is 6.92 Å². The molecule has 2 aromatic carbocycles. The summed E-state index contributed by atoms with van der Waals surface area (Å²) in [4.78, 5) is 20.3. The zero-order valence-corrected chi connectivity index (χ0v) is 16.9. The van der Waals surface area contributed by atoms with Crippen molar-refractivity contribution < 1.29 is 19.0 Å². The lowest BCUT2D eigenvalue weighted by atomic mass is 10.2. The van der Waals surface area contributed by atoms with Gasteiger partial charge >= 0.3 is 0 Å². The van der Waals surface area contributed by atoms with E-state index < -0.39 is 0 Å². The molecule has 3 aromatic rings. The molecular formula is C22H22N4O4. The Bertz CT molecular complexity index is 1070. The van der Waals surface area contributed by atoms with Crippen LogP contribution in [0.15, 0.2) is 61.3 Å². The van der Waals surface area contributed by atoms with Crippen molar-refractivity contribution in [3.8, 4) is 23.1 Å². The van der Waals surface area contributed by atoms with Crippen molar-refractivity contribution in [1.29, 1.82) is 0 Å².